The Morgan fingerprint density at radius 1 is 0.562 bits per heavy atom. The van der Waals surface area contributed by atoms with Crippen molar-refractivity contribution in [3.05, 3.63) is 0 Å². The molecule has 0 amide bonds. The zero-order valence-corrected chi connectivity index (χ0v) is 32.1. The third-order valence-corrected chi connectivity index (χ3v) is 9.74. The second-order valence-corrected chi connectivity index (χ2v) is 15.1. The summed E-state index contributed by atoms with van der Waals surface area (Å²) in [5.74, 6) is -0.382. The van der Waals surface area contributed by atoms with Crippen LogP contribution in [0.4, 0.5) is 0 Å². The van der Waals surface area contributed by atoms with Crippen molar-refractivity contribution in [2.75, 3.05) is 33.0 Å². The zero-order chi connectivity index (χ0) is 35.4. The summed E-state index contributed by atoms with van der Waals surface area (Å²) in [5.41, 5.74) is 0. The third kappa shape index (κ3) is 35.3. The Morgan fingerprint density at radius 2 is 0.938 bits per heavy atom. The summed E-state index contributed by atoms with van der Waals surface area (Å²) in [5, 5.41) is 18.3. The van der Waals surface area contributed by atoms with Gasteiger partial charge in [0.1, 0.15) is 12.2 Å². The molecule has 0 saturated carbocycles. The molecule has 3 atom stereocenters. The number of esters is 1. The van der Waals surface area contributed by atoms with E-state index in [0.29, 0.717) is 6.61 Å². The van der Waals surface area contributed by atoms with Crippen LogP contribution in [0.3, 0.4) is 0 Å². The van der Waals surface area contributed by atoms with Gasteiger partial charge in [-0.2, -0.15) is 0 Å². The van der Waals surface area contributed by atoms with Crippen LogP contribution in [0.2, 0.25) is 0 Å². The summed E-state index contributed by atoms with van der Waals surface area (Å²) in [7, 11) is -4.50. The first kappa shape index (κ1) is 47.5. The van der Waals surface area contributed by atoms with Gasteiger partial charge in [0.25, 0.3) is 0 Å². The smallest absolute Gasteiger partial charge is 0.457 e. The Hall–Kier alpha value is -0.540. The van der Waals surface area contributed by atoms with E-state index in [4.69, 9.17) is 23.6 Å². The predicted octanol–water partition coefficient (Wildman–Crippen LogP) is 10.4. The van der Waals surface area contributed by atoms with Crippen LogP contribution >= 0.6 is 7.82 Å². The summed E-state index contributed by atoms with van der Waals surface area (Å²) in [6, 6.07) is 0. The number of hydrogen-bond donors (Lipinski definition) is 3. The molecule has 0 aromatic rings. The van der Waals surface area contributed by atoms with Gasteiger partial charge in [-0.3, -0.25) is 13.8 Å². The Morgan fingerprint density at radius 3 is 1.35 bits per heavy atom. The topological polar surface area (TPSA) is 132 Å². The summed E-state index contributed by atoms with van der Waals surface area (Å²) < 4.78 is 33.2. The summed E-state index contributed by atoms with van der Waals surface area (Å²) >= 11 is 0. The summed E-state index contributed by atoms with van der Waals surface area (Å²) in [6.45, 7) is 3.53. The molecule has 0 aromatic heterocycles. The van der Waals surface area contributed by atoms with Crippen molar-refractivity contribution in [3.8, 4) is 0 Å². The molecule has 0 saturated heterocycles. The van der Waals surface area contributed by atoms with E-state index in [1.807, 2.05) is 0 Å². The van der Waals surface area contributed by atoms with Gasteiger partial charge in [0.2, 0.25) is 0 Å². The van der Waals surface area contributed by atoms with Crippen LogP contribution in [-0.4, -0.2) is 66.3 Å². The van der Waals surface area contributed by atoms with E-state index >= 15 is 0 Å². The number of unbranched alkanes of at least 4 members (excludes halogenated alkanes) is 25. The molecule has 1 unspecified atom stereocenters. The van der Waals surface area contributed by atoms with E-state index < -0.39 is 33.2 Å². The fourth-order valence-electron chi connectivity index (χ4n) is 5.71. The van der Waals surface area contributed by atoms with Gasteiger partial charge in [-0.1, -0.05) is 174 Å². The minimum absolute atomic E-state index is 0.0573. The predicted molar refractivity (Wildman–Crippen MR) is 196 cm³/mol. The highest BCUT2D eigenvalue weighted by Crippen LogP contribution is 2.43. The van der Waals surface area contributed by atoms with Crippen molar-refractivity contribution < 1.29 is 43.0 Å². The molecular formula is C38H77O9P. The number of rotatable bonds is 39. The fourth-order valence-corrected chi connectivity index (χ4v) is 6.50. The lowest BCUT2D eigenvalue weighted by molar-refractivity contribution is -0.154. The largest absolute Gasteiger partial charge is 0.472 e. The van der Waals surface area contributed by atoms with Gasteiger partial charge in [-0.25, -0.2) is 4.57 Å². The number of hydrogen-bond acceptors (Lipinski definition) is 8. The Bertz CT molecular complexity index is 724. The first-order chi connectivity index (χ1) is 23.3. The van der Waals surface area contributed by atoms with E-state index in [1.54, 1.807) is 0 Å². The monoisotopic (exact) mass is 709 g/mol. The normalized spacial score (nSPS) is 14.2. The molecule has 0 aliphatic heterocycles. The van der Waals surface area contributed by atoms with Gasteiger partial charge in [0.05, 0.1) is 26.4 Å². The highest BCUT2D eigenvalue weighted by Gasteiger charge is 2.26. The Kier molecular flexibility index (Phi) is 35.8. The van der Waals surface area contributed by atoms with Gasteiger partial charge in [0.15, 0.2) is 0 Å². The van der Waals surface area contributed by atoms with E-state index in [2.05, 4.69) is 13.8 Å². The zero-order valence-electron chi connectivity index (χ0n) is 31.2. The van der Waals surface area contributed by atoms with Crippen molar-refractivity contribution in [1.29, 1.82) is 0 Å². The Balaban J connectivity index is 4.07. The molecule has 9 nitrogen and oxygen atoms in total. The van der Waals surface area contributed by atoms with Crippen LogP contribution in [0, 0.1) is 0 Å². The first-order valence-electron chi connectivity index (χ1n) is 20.0. The van der Waals surface area contributed by atoms with Crippen LogP contribution in [0.25, 0.3) is 0 Å². The molecule has 0 aliphatic rings. The van der Waals surface area contributed by atoms with Gasteiger partial charge in [-0.05, 0) is 12.8 Å². The van der Waals surface area contributed by atoms with Crippen LogP contribution in [0.15, 0.2) is 0 Å². The van der Waals surface area contributed by atoms with Crippen molar-refractivity contribution in [2.45, 2.75) is 206 Å². The molecule has 0 aromatic carbocycles. The molecule has 0 bridgehead atoms. The van der Waals surface area contributed by atoms with E-state index in [0.717, 1.165) is 32.1 Å². The van der Waals surface area contributed by atoms with Crippen molar-refractivity contribution in [3.63, 3.8) is 0 Å². The maximum absolute atomic E-state index is 12.5. The van der Waals surface area contributed by atoms with Gasteiger partial charge in [-0.15, -0.1) is 0 Å². The van der Waals surface area contributed by atoms with E-state index in [9.17, 15) is 19.4 Å². The highest BCUT2D eigenvalue weighted by molar-refractivity contribution is 7.47. The Labute approximate surface area is 295 Å². The number of phosphoric ester groups is 1. The van der Waals surface area contributed by atoms with E-state index in [-0.39, 0.29) is 25.6 Å². The van der Waals surface area contributed by atoms with Gasteiger partial charge >= 0.3 is 13.8 Å². The van der Waals surface area contributed by atoms with Crippen LogP contribution in [0.1, 0.15) is 194 Å². The number of ether oxygens (including phenoxy) is 2. The van der Waals surface area contributed by atoms with Crippen molar-refractivity contribution in [1.82, 2.24) is 0 Å². The molecule has 3 N–H and O–H groups in total. The van der Waals surface area contributed by atoms with Gasteiger partial charge < -0.3 is 24.6 Å². The van der Waals surface area contributed by atoms with Crippen LogP contribution in [-0.2, 0) is 27.9 Å². The average molecular weight is 709 g/mol. The number of phosphoric acid groups is 1. The number of aliphatic hydroxyl groups is 2. The lowest BCUT2D eigenvalue weighted by Gasteiger charge is -2.20. The number of aliphatic hydroxyl groups excluding tert-OH is 2. The molecule has 0 rings (SSSR count). The highest BCUT2D eigenvalue weighted by atomic mass is 31.2. The average Bonchev–Trinajstić information content (AvgIpc) is 3.07. The SMILES string of the molecule is CCCCCCCCCCCCCCCCCCCCOC[C@H](COP(=O)(O)OC[C@@H](O)CO)OC(=O)CCCCCCCCCCC. The van der Waals surface area contributed by atoms with Crippen molar-refractivity contribution in [2.24, 2.45) is 0 Å². The molecule has 0 aliphatic carbocycles. The molecule has 0 spiro atoms. The quantitative estimate of drug-likeness (QED) is 0.0324. The molecule has 48 heavy (non-hydrogen) atoms. The van der Waals surface area contributed by atoms with Crippen LogP contribution in [0.5, 0.6) is 0 Å². The fraction of sp³-hybridized carbons (Fsp3) is 0.974. The minimum atomic E-state index is -4.50. The van der Waals surface area contributed by atoms with Crippen molar-refractivity contribution >= 4 is 13.8 Å². The second kappa shape index (κ2) is 36.3. The lowest BCUT2D eigenvalue weighted by Crippen LogP contribution is -2.29. The number of carbonyl (C=O) groups excluding carboxylic acids is 1. The maximum Gasteiger partial charge on any atom is 0.472 e. The third-order valence-electron chi connectivity index (χ3n) is 8.79. The summed E-state index contributed by atoms with van der Waals surface area (Å²) in [4.78, 5) is 22.4. The van der Waals surface area contributed by atoms with E-state index in [1.165, 1.54) is 141 Å². The molecule has 0 heterocycles. The molecule has 0 radical (unpaired) electrons. The first-order valence-corrected chi connectivity index (χ1v) is 21.5. The standard InChI is InChI=1S/C38H77O9P/c1-3-5-7-9-11-13-14-15-16-17-18-19-20-21-23-25-27-29-31-44-34-37(35-46-48(42,43)45-33-36(40)32-39)47-38(41)30-28-26-24-22-12-10-8-6-4-2/h36-37,39-40H,3-35H2,1-2H3,(H,42,43)/t36-,37+/m0/s1. The summed E-state index contributed by atoms with van der Waals surface area (Å²) in [6.07, 6.45) is 32.1. The lowest BCUT2D eigenvalue weighted by atomic mass is 10.0. The minimum Gasteiger partial charge on any atom is -0.457 e. The second-order valence-electron chi connectivity index (χ2n) is 13.7. The molecule has 0 fully saturated rings. The molecule has 10 heteroatoms. The molecule has 288 valence electrons. The van der Waals surface area contributed by atoms with Gasteiger partial charge in [0, 0.05) is 13.0 Å². The maximum atomic E-state index is 12.5. The number of carbonyl (C=O) groups is 1. The van der Waals surface area contributed by atoms with Crippen LogP contribution < -0.4 is 0 Å². The molecular weight excluding hydrogens is 631 g/mol.